The van der Waals surface area contributed by atoms with Crippen molar-refractivity contribution in [2.45, 2.75) is 60.3 Å². The van der Waals surface area contributed by atoms with E-state index in [4.69, 9.17) is 11.6 Å². The van der Waals surface area contributed by atoms with Gasteiger partial charge in [0.25, 0.3) is 0 Å². The molecule has 2 amide bonds. The van der Waals surface area contributed by atoms with Gasteiger partial charge in [0.15, 0.2) is 0 Å². The number of halogens is 1. The first-order valence-corrected chi connectivity index (χ1v) is 8.80. The summed E-state index contributed by atoms with van der Waals surface area (Å²) in [6.45, 7) is 13.8. The maximum absolute atomic E-state index is 12.6. The van der Waals surface area contributed by atoms with Gasteiger partial charge in [-0.25, -0.2) is 0 Å². The molecule has 0 saturated carbocycles. The molecule has 1 aromatic rings. The number of amides is 2. The fourth-order valence-electron chi connectivity index (χ4n) is 3.39. The van der Waals surface area contributed by atoms with Crippen LogP contribution in [0, 0.1) is 19.3 Å². The Morgan fingerprint density at radius 1 is 1.21 bits per heavy atom. The van der Waals surface area contributed by atoms with Crippen molar-refractivity contribution in [2.75, 3.05) is 16.8 Å². The number of nitrogens with one attached hydrogen (secondary N) is 1. The number of alkyl halides is 1. The largest absolute Gasteiger partial charge is 0.324 e. The molecule has 1 atom stereocenters. The lowest BCUT2D eigenvalue weighted by Gasteiger charge is -2.27. The molecule has 0 aliphatic carbocycles. The average Bonchev–Trinajstić information content (AvgIpc) is 2.86. The molecule has 1 N–H and O–H groups in total. The fraction of sp³-hybridized carbons (Fsp3) is 0.579. The maximum atomic E-state index is 12.6. The van der Waals surface area contributed by atoms with Gasteiger partial charge in [-0.3, -0.25) is 9.59 Å². The number of carbonyl (C=O) groups excluding carboxylic acids is 2. The van der Waals surface area contributed by atoms with Crippen LogP contribution in [0.3, 0.4) is 0 Å². The van der Waals surface area contributed by atoms with Crippen molar-refractivity contribution in [1.29, 1.82) is 0 Å². The van der Waals surface area contributed by atoms with E-state index in [0.29, 0.717) is 6.54 Å². The van der Waals surface area contributed by atoms with Crippen LogP contribution in [0.25, 0.3) is 0 Å². The van der Waals surface area contributed by atoms with E-state index >= 15 is 0 Å². The van der Waals surface area contributed by atoms with Crippen LogP contribution in [0.5, 0.6) is 0 Å². The average molecular weight is 351 g/mol. The number of rotatable bonds is 2. The molecule has 4 nitrogen and oxygen atoms in total. The zero-order chi connectivity index (χ0) is 18.4. The van der Waals surface area contributed by atoms with Crippen LogP contribution in [0.4, 0.5) is 11.4 Å². The fourth-order valence-corrected chi connectivity index (χ4v) is 3.72. The van der Waals surface area contributed by atoms with Crippen molar-refractivity contribution in [3.63, 3.8) is 0 Å². The molecular weight excluding hydrogens is 324 g/mol. The molecule has 0 bridgehead atoms. The Morgan fingerprint density at radius 3 is 2.25 bits per heavy atom. The summed E-state index contributed by atoms with van der Waals surface area (Å²) in [5.74, 6) is -0.0780. The van der Waals surface area contributed by atoms with Crippen molar-refractivity contribution >= 4 is 34.8 Å². The summed E-state index contributed by atoms with van der Waals surface area (Å²) >= 11 is 6.42. The lowest BCUT2D eigenvalue weighted by atomic mass is 9.90. The molecule has 0 radical (unpaired) electrons. The van der Waals surface area contributed by atoms with E-state index in [1.165, 1.54) is 0 Å². The monoisotopic (exact) mass is 350 g/mol. The Bertz CT molecular complexity index is 703. The second-order valence-corrected chi connectivity index (χ2v) is 8.26. The van der Waals surface area contributed by atoms with E-state index in [1.54, 1.807) is 11.8 Å². The van der Waals surface area contributed by atoms with E-state index in [2.05, 4.69) is 12.2 Å². The lowest BCUT2D eigenvalue weighted by Crippen LogP contribution is -2.31. The third kappa shape index (κ3) is 3.16. The molecule has 24 heavy (non-hydrogen) atoms. The summed E-state index contributed by atoms with van der Waals surface area (Å²) < 4.78 is 0. The van der Waals surface area contributed by atoms with Gasteiger partial charge < -0.3 is 10.2 Å². The first kappa shape index (κ1) is 18.8. The Balaban J connectivity index is 2.72. The van der Waals surface area contributed by atoms with Crippen molar-refractivity contribution in [3.05, 3.63) is 22.3 Å². The minimum Gasteiger partial charge on any atom is -0.324 e. The van der Waals surface area contributed by atoms with Gasteiger partial charge in [0.1, 0.15) is 0 Å². The highest BCUT2D eigenvalue weighted by atomic mass is 35.5. The van der Waals surface area contributed by atoms with Crippen molar-refractivity contribution < 1.29 is 9.59 Å². The second-order valence-electron chi connectivity index (χ2n) is 7.61. The van der Waals surface area contributed by atoms with E-state index in [-0.39, 0.29) is 17.2 Å². The molecule has 1 aromatic carbocycles. The highest BCUT2D eigenvalue weighted by molar-refractivity contribution is 6.21. The second kappa shape index (κ2) is 6.40. The molecule has 1 aliphatic rings. The highest BCUT2D eigenvalue weighted by Gasteiger charge is 2.33. The molecular formula is C19H27ClN2O2. The van der Waals surface area contributed by atoms with Gasteiger partial charge in [-0.2, -0.15) is 0 Å². The molecule has 132 valence electrons. The minimum absolute atomic E-state index is 0.00882. The predicted molar refractivity (Wildman–Crippen MR) is 100.0 cm³/mol. The van der Waals surface area contributed by atoms with E-state index in [0.717, 1.165) is 40.0 Å². The molecule has 0 spiro atoms. The summed E-state index contributed by atoms with van der Waals surface area (Å²) in [6, 6.07) is 0. The van der Waals surface area contributed by atoms with Crippen LogP contribution in [-0.4, -0.2) is 18.4 Å². The van der Waals surface area contributed by atoms with Crippen LogP contribution in [0.15, 0.2) is 0 Å². The number of anilines is 2. The van der Waals surface area contributed by atoms with Gasteiger partial charge in [0, 0.05) is 18.9 Å². The van der Waals surface area contributed by atoms with Gasteiger partial charge in [-0.15, -0.1) is 11.6 Å². The molecule has 1 unspecified atom stereocenters. The van der Waals surface area contributed by atoms with E-state index < -0.39 is 5.41 Å². The third-order valence-corrected chi connectivity index (χ3v) is 4.93. The number of nitrogens with zero attached hydrogens (tertiary/aromatic N) is 1. The van der Waals surface area contributed by atoms with Crippen LogP contribution in [0.2, 0.25) is 0 Å². The van der Waals surface area contributed by atoms with Gasteiger partial charge in [0.05, 0.1) is 16.8 Å². The van der Waals surface area contributed by atoms with Crippen LogP contribution in [0.1, 0.15) is 62.2 Å². The molecule has 5 heteroatoms. The van der Waals surface area contributed by atoms with Gasteiger partial charge in [-0.1, -0.05) is 20.8 Å². The van der Waals surface area contributed by atoms with Crippen LogP contribution < -0.4 is 10.2 Å². The Kier molecular flexibility index (Phi) is 5.01. The number of fused-ring (bicyclic) bond motifs is 1. The van der Waals surface area contributed by atoms with Crippen molar-refractivity contribution in [1.82, 2.24) is 0 Å². The highest BCUT2D eigenvalue weighted by Crippen LogP contribution is 2.45. The molecule has 1 aliphatic heterocycles. The first-order valence-electron chi connectivity index (χ1n) is 8.36. The number of hydrogen-bond acceptors (Lipinski definition) is 2. The lowest BCUT2D eigenvalue weighted by molar-refractivity contribution is -0.123. The smallest absolute Gasteiger partial charge is 0.229 e. The van der Waals surface area contributed by atoms with E-state index in [1.807, 2.05) is 34.6 Å². The summed E-state index contributed by atoms with van der Waals surface area (Å²) in [5.41, 5.74) is 5.29. The molecule has 0 aromatic heterocycles. The Hall–Kier alpha value is -1.55. The van der Waals surface area contributed by atoms with Crippen molar-refractivity contribution in [3.8, 4) is 0 Å². The van der Waals surface area contributed by atoms with E-state index in [9.17, 15) is 9.59 Å². The third-order valence-electron chi connectivity index (χ3n) is 4.71. The molecule has 0 saturated heterocycles. The SMILES string of the molecule is CC(=O)N1CCc2c(C)c(C(C)Cl)c(C)c(NC(=O)C(C)(C)C)c21. The standard InChI is InChI=1S/C19H27ClN2O2/c1-10-14-8-9-22(13(4)23)17(14)16(11(2)15(10)12(3)20)21-18(24)19(5,6)7/h12H,8-9H2,1-7H3,(H,21,24). The van der Waals surface area contributed by atoms with Crippen LogP contribution >= 0.6 is 11.6 Å². The topological polar surface area (TPSA) is 49.4 Å². The van der Waals surface area contributed by atoms with Crippen molar-refractivity contribution in [2.24, 2.45) is 5.41 Å². The molecule has 2 rings (SSSR count). The zero-order valence-electron chi connectivity index (χ0n) is 15.6. The maximum Gasteiger partial charge on any atom is 0.229 e. The van der Waals surface area contributed by atoms with Gasteiger partial charge >= 0.3 is 0 Å². The summed E-state index contributed by atoms with van der Waals surface area (Å²) in [6.07, 6.45) is 0.788. The molecule has 0 fully saturated rings. The summed E-state index contributed by atoms with van der Waals surface area (Å²) in [7, 11) is 0. The number of benzene rings is 1. The minimum atomic E-state index is -0.517. The molecule has 1 heterocycles. The number of hydrogen-bond donors (Lipinski definition) is 1. The normalized spacial score (nSPS) is 15.2. The Morgan fingerprint density at radius 2 is 1.79 bits per heavy atom. The number of carbonyl (C=O) groups is 2. The van der Waals surface area contributed by atoms with Crippen LogP contribution in [-0.2, 0) is 16.0 Å². The summed E-state index contributed by atoms with van der Waals surface area (Å²) in [4.78, 5) is 26.4. The first-order chi connectivity index (χ1) is 11.0. The summed E-state index contributed by atoms with van der Waals surface area (Å²) in [5, 5.41) is 2.91. The van der Waals surface area contributed by atoms with Gasteiger partial charge in [-0.05, 0) is 49.4 Å². The predicted octanol–water partition coefficient (Wildman–Crippen LogP) is 4.50. The van der Waals surface area contributed by atoms with Gasteiger partial charge in [0.2, 0.25) is 11.8 Å². The zero-order valence-corrected chi connectivity index (χ0v) is 16.4. The Labute approximate surface area is 149 Å². The quantitative estimate of drug-likeness (QED) is 0.798.